The Morgan fingerprint density at radius 1 is 0.857 bits per heavy atom. The van der Waals surface area contributed by atoms with Crippen LogP contribution in [0.15, 0.2) is 42.1 Å². The van der Waals surface area contributed by atoms with Gasteiger partial charge in [0, 0.05) is 42.7 Å². The van der Waals surface area contributed by atoms with E-state index in [1.54, 1.807) is 10.4 Å². The maximum atomic E-state index is 13.0. The predicted octanol–water partition coefficient (Wildman–Crippen LogP) is 5.34. The fourth-order valence-electron chi connectivity index (χ4n) is 6.24. The first-order valence-corrected chi connectivity index (χ1v) is 16.2. The fraction of sp³-hybridized carbons (Fsp3) is 0.552. The second-order valence-corrected chi connectivity index (χ2v) is 13.3. The van der Waals surface area contributed by atoms with E-state index in [0.717, 1.165) is 61.1 Å². The SMILES string of the molecule is Cl.Cl.N[C@H]1CC[C@H](Nc2nc(NC3CCN(S(=O)(=O)/C=C/c4ccccc4)CC3)c3ncn(C4CCCC4)c3n2)CC1. The number of aromatic nitrogens is 4. The first-order valence-electron chi connectivity index (χ1n) is 14.7. The van der Waals surface area contributed by atoms with Crippen molar-refractivity contribution in [3.05, 3.63) is 47.6 Å². The Hall–Kier alpha value is -2.44. The van der Waals surface area contributed by atoms with E-state index in [1.165, 1.54) is 18.2 Å². The van der Waals surface area contributed by atoms with Gasteiger partial charge in [0.15, 0.2) is 17.0 Å². The smallest absolute Gasteiger partial charge is 0.236 e. The average molecular weight is 638 g/mol. The summed E-state index contributed by atoms with van der Waals surface area (Å²) in [5.74, 6) is 1.35. The number of hydrogen-bond donors (Lipinski definition) is 3. The van der Waals surface area contributed by atoms with E-state index in [9.17, 15) is 8.42 Å². The van der Waals surface area contributed by atoms with Gasteiger partial charge in [-0.15, -0.1) is 24.8 Å². The van der Waals surface area contributed by atoms with Crippen LogP contribution in [-0.2, 0) is 10.0 Å². The summed E-state index contributed by atoms with van der Waals surface area (Å²) < 4.78 is 29.7. The summed E-state index contributed by atoms with van der Waals surface area (Å²) in [6, 6.07) is 10.6. The zero-order valence-corrected chi connectivity index (χ0v) is 26.2. The molecule has 0 atom stereocenters. The minimum atomic E-state index is -3.48. The molecule has 1 aliphatic heterocycles. The van der Waals surface area contributed by atoms with Crippen LogP contribution in [0.1, 0.15) is 75.8 Å². The van der Waals surface area contributed by atoms with E-state index in [-0.39, 0.29) is 36.9 Å². The van der Waals surface area contributed by atoms with Crippen LogP contribution in [0.25, 0.3) is 17.2 Å². The number of anilines is 2. The molecule has 0 unspecified atom stereocenters. The molecule has 3 aromatic rings. The molecule has 6 rings (SSSR count). The van der Waals surface area contributed by atoms with E-state index in [1.807, 2.05) is 36.7 Å². The van der Waals surface area contributed by atoms with Crippen molar-refractivity contribution in [2.45, 2.75) is 88.4 Å². The number of rotatable bonds is 8. The number of nitrogens with one attached hydrogen (secondary N) is 2. The maximum absolute atomic E-state index is 13.0. The Morgan fingerprint density at radius 3 is 2.21 bits per heavy atom. The van der Waals surface area contributed by atoms with Crippen molar-refractivity contribution >= 4 is 63.8 Å². The van der Waals surface area contributed by atoms with Crippen LogP contribution in [0, 0.1) is 0 Å². The number of nitrogens with zero attached hydrogens (tertiary/aromatic N) is 5. The average Bonchev–Trinajstić information content (AvgIpc) is 3.65. The van der Waals surface area contributed by atoms with Crippen molar-refractivity contribution in [2.24, 2.45) is 5.73 Å². The van der Waals surface area contributed by atoms with E-state index in [4.69, 9.17) is 20.7 Å². The molecule has 3 aliphatic rings. The molecule has 2 aliphatic carbocycles. The summed E-state index contributed by atoms with van der Waals surface area (Å²) in [6.45, 7) is 0.911. The van der Waals surface area contributed by atoms with Crippen LogP contribution in [0.5, 0.6) is 0 Å². The minimum Gasteiger partial charge on any atom is -0.365 e. The van der Waals surface area contributed by atoms with Gasteiger partial charge in [-0.3, -0.25) is 0 Å². The van der Waals surface area contributed by atoms with Gasteiger partial charge in [-0.05, 0) is 63.0 Å². The first-order chi connectivity index (χ1) is 19.4. The fourth-order valence-corrected chi connectivity index (χ4v) is 7.46. The Bertz CT molecular complexity index is 1430. The van der Waals surface area contributed by atoms with Gasteiger partial charge < -0.3 is 20.9 Å². The molecule has 230 valence electrons. The molecule has 1 aromatic carbocycles. The molecule has 13 heteroatoms. The third-order valence-electron chi connectivity index (χ3n) is 8.63. The molecule has 10 nitrogen and oxygen atoms in total. The summed E-state index contributed by atoms with van der Waals surface area (Å²) in [6.07, 6.45) is 13.8. The predicted molar refractivity (Wildman–Crippen MR) is 174 cm³/mol. The molecule has 0 amide bonds. The lowest BCUT2D eigenvalue weighted by atomic mass is 9.92. The third-order valence-corrected chi connectivity index (χ3v) is 10.2. The van der Waals surface area contributed by atoms with Gasteiger partial charge in [0.1, 0.15) is 0 Å². The molecular formula is C29H42Cl2N8O2S. The normalized spacial score (nSPS) is 22.6. The van der Waals surface area contributed by atoms with Crippen molar-refractivity contribution in [3.8, 4) is 0 Å². The highest BCUT2D eigenvalue weighted by molar-refractivity contribution is 7.92. The summed E-state index contributed by atoms with van der Waals surface area (Å²) in [5.41, 5.74) is 8.64. The number of sulfonamides is 1. The Morgan fingerprint density at radius 2 is 1.52 bits per heavy atom. The molecule has 2 saturated carbocycles. The number of hydrogen-bond acceptors (Lipinski definition) is 8. The van der Waals surface area contributed by atoms with E-state index in [2.05, 4.69) is 15.2 Å². The summed E-state index contributed by atoms with van der Waals surface area (Å²) >= 11 is 0. The van der Waals surface area contributed by atoms with Crippen molar-refractivity contribution in [2.75, 3.05) is 23.7 Å². The highest BCUT2D eigenvalue weighted by Gasteiger charge is 2.29. The summed E-state index contributed by atoms with van der Waals surface area (Å²) in [5, 5.41) is 8.51. The Labute approximate surface area is 260 Å². The molecular weight excluding hydrogens is 595 g/mol. The molecule has 0 bridgehead atoms. The quantitative estimate of drug-likeness (QED) is 0.302. The minimum absolute atomic E-state index is 0. The lowest BCUT2D eigenvalue weighted by Gasteiger charge is -2.31. The second kappa shape index (κ2) is 14.4. The summed E-state index contributed by atoms with van der Waals surface area (Å²) in [7, 11) is -3.48. The van der Waals surface area contributed by atoms with Crippen LogP contribution >= 0.6 is 24.8 Å². The number of fused-ring (bicyclic) bond motifs is 1. The maximum Gasteiger partial charge on any atom is 0.236 e. The standard InChI is InChI=1S/C29H40N8O2S.2ClH/c30-22-10-12-23(13-11-22)33-29-34-27(26-28(35-29)37(20-31-26)25-8-4-5-9-25)32-24-14-17-36(18-15-24)40(38,39)19-16-21-6-2-1-3-7-21;;/h1-3,6-7,16,19-20,22-25H,4-5,8-15,17-18,30H2,(H2,32,33,34,35);2*1H/b19-16+;;/t22-,23-;;. The van der Waals surface area contributed by atoms with Crippen LogP contribution in [0.2, 0.25) is 0 Å². The summed E-state index contributed by atoms with van der Waals surface area (Å²) in [4.78, 5) is 14.6. The molecule has 3 heterocycles. The van der Waals surface area contributed by atoms with Crippen LogP contribution in [0.3, 0.4) is 0 Å². The Balaban J connectivity index is 0.00000202. The van der Waals surface area contributed by atoms with Gasteiger partial charge in [0.25, 0.3) is 0 Å². The second-order valence-electron chi connectivity index (χ2n) is 11.5. The van der Waals surface area contributed by atoms with Gasteiger partial charge in [-0.25, -0.2) is 13.4 Å². The monoisotopic (exact) mass is 636 g/mol. The van der Waals surface area contributed by atoms with E-state index in [0.29, 0.717) is 44.0 Å². The number of halogens is 2. The number of imidazole rings is 1. The molecule has 42 heavy (non-hydrogen) atoms. The lowest BCUT2D eigenvalue weighted by molar-refractivity contribution is 0.333. The van der Waals surface area contributed by atoms with Crippen molar-refractivity contribution in [1.82, 2.24) is 23.8 Å². The first kappa shape index (κ1) is 32.5. The van der Waals surface area contributed by atoms with Crippen LogP contribution in [-0.4, -0.2) is 63.5 Å². The zero-order chi connectivity index (χ0) is 27.5. The Kier molecular flexibility index (Phi) is 11.1. The van der Waals surface area contributed by atoms with Crippen molar-refractivity contribution in [1.29, 1.82) is 0 Å². The lowest BCUT2D eigenvalue weighted by Crippen LogP contribution is -2.41. The van der Waals surface area contributed by atoms with E-state index >= 15 is 0 Å². The largest absolute Gasteiger partial charge is 0.365 e. The van der Waals surface area contributed by atoms with Gasteiger partial charge in [-0.1, -0.05) is 43.2 Å². The topological polar surface area (TPSA) is 131 Å². The molecule has 3 fully saturated rings. The molecule has 0 radical (unpaired) electrons. The van der Waals surface area contributed by atoms with Crippen LogP contribution in [0.4, 0.5) is 11.8 Å². The third kappa shape index (κ3) is 7.55. The highest BCUT2D eigenvalue weighted by Crippen LogP contribution is 2.34. The van der Waals surface area contributed by atoms with Gasteiger partial charge in [0.2, 0.25) is 16.0 Å². The van der Waals surface area contributed by atoms with Gasteiger partial charge in [-0.2, -0.15) is 14.3 Å². The van der Waals surface area contributed by atoms with Crippen molar-refractivity contribution < 1.29 is 8.42 Å². The number of nitrogens with two attached hydrogens (primary N) is 1. The highest BCUT2D eigenvalue weighted by atomic mass is 35.5. The van der Waals surface area contributed by atoms with E-state index < -0.39 is 10.0 Å². The van der Waals surface area contributed by atoms with Gasteiger partial charge >= 0.3 is 0 Å². The molecule has 2 aromatic heterocycles. The number of benzene rings is 1. The van der Waals surface area contributed by atoms with Gasteiger partial charge in [0.05, 0.1) is 6.33 Å². The molecule has 0 spiro atoms. The van der Waals surface area contributed by atoms with Crippen molar-refractivity contribution in [3.63, 3.8) is 0 Å². The molecule has 1 saturated heterocycles. The number of piperidine rings is 1. The molecule has 4 N–H and O–H groups in total. The zero-order valence-electron chi connectivity index (χ0n) is 23.8. The van der Waals surface area contributed by atoms with Crippen LogP contribution < -0.4 is 16.4 Å².